The van der Waals surface area contributed by atoms with Crippen molar-refractivity contribution in [2.75, 3.05) is 18.5 Å². The number of benzene rings is 1. The van der Waals surface area contributed by atoms with E-state index in [1.165, 1.54) is 12.3 Å². The molecular formula is C21H21F9N2O4. The Morgan fingerprint density at radius 3 is 2.03 bits per heavy atom. The average Bonchev–Trinajstić information content (AvgIpc) is 2.74. The zero-order chi connectivity index (χ0) is 27.6. The second-order valence-corrected chi connectivity index (χ2v) is 7.11. The van der Waals surface area contributed by atoms with Crippen LogP contribution in [-0.4, -0.2) is 41.6 Å². The van der Waals surface area contributed by atoms with Gasteiger partial charge in [0.15, 0.2) is 0 Å². The van der Waals surface area contributed by atoms with E-state index in [0.29, 0.717) is 12.1 Å². The summed E-state index contributed by atoms with van der Waals surface area (Å²) < 4.78 is 114. The Labute approximate surface area is 198 Å². The van der Waals surface area contributed by atoms with Gasteiger partial charge in [-0.05, 0) is 37.1 Å². The van der Waals surface area contributed by atoms with E-state index in [9.17, 15) is 49.1 Å². The minimum absolute atomic E-state index is 0.0224. The van der Waals surface area contributed by atoms with Crippen LogP contribution in [0.3, 0.4) is 0 Å². The number of carbonyl (C=O) groups excluding carboxylic acids is 1. The van der Waals surface area contributed by atoms with Gasteiger partial charge in [-0.25, -0.2) is 0 Å². The van der Waals surface area contributed by atoms with Crippen molar-refractivity contribution >= 4 is 11.6 Å². The van der Waals surface area contributed by atoms with Gasteiger partial charge in [0.1, 0.15) is 5.75 Å². The van der Waals surface area contributed by atoms with Crippen molar-refractivity contribution in [3.8, 4) is 5.75 Å². The van der Waals surface area contributed by atoms with E-state index in [1.807, 2.05) is 0 Å². The van der Waals surface area contributed by atoms with E-state index in [-0.39, 0.29) is 24.5 Å². The molecule has 0 saturated carbocycles. The highest BCUT2D eigenvalue weighted by atomic mass is 19.4. The summed E-state index contributed by atoms with van der Waals surface area (Å²) in [6, 6.07) is 4.36. The molecule has 6 nitrogen and oxygen atoms in total. The highest BCUT2D eigenvalue weighted by molar-refractivity contribution is 6.06. The molecule has 36 heavy (non-hydrogen) atoms. The molecule has 0 radical (unpaired) electrons. The molecule has 0 saturated heterocycles. The lowest BCUT2D eigenvalue weighted by molar-refractivity contribution is -0.138. The summed E-state index contributed by atoms with van der Waals surface area (Å²) in [5.41, 5.74) is -2.19. The summed E-state index contributed by atoms with van der Waals surface area (Å²) in [6.45, 7) is -0.838. The van der Waals surface area contributed by atoms with Crippen molar-refractivity contribution in [2.45, 2.75) is 44.2 Å². The first-order chi connectivity index (χ1) is 16.5. The molecule has 0 spiro atoms. The molecule has 0 aliphatic rings. The predicted molar refractivity (Wildman–Crippen MR) is 110 cm³/mol. The van der Waals surface area contributed by atoms with Gasteiger partial charge in [0.05, 0.1) is 17.7 Å². The Bertz CT molecular complexity index is 1030. The van der Waals surface area contributed by atoms with Gasteiger partial charge in [-0.1, -0.05) is 0 Å². The van der Waals surface area contributed by atoms with Crippen LogP contribution in [-0.2, 0) is 6.18 Å². The number of ether oxygens (including phenoxy) is 1. The van der Waals surface area contributed by atoms with Crippen molar-refractivity contribution in [2.24, 2.45) is 0 Å². The largest absolute Gasteiger partial charge is 0.493 e. The zero-order valence-corrected chi connectivity index (χ0v) is 18.3. The number of nitrogens with one attached hydrogen (secondary N) is 2. The molecule has 1 aromatic heterocycles. The van der Waals surface area contributed by atoms with Crippen LogP contribution in [0.25, 0.3) is 0 Å². The number of anilines is 1. The molecule has 0 aliphatic heterocycles. The van der Waals surface area contributed by atoms with Gasteiger partial charge < -0.3 is 20.1 Å². The maximum absolute atomic E-state index is 12.9. The van der Waals surface area contributed by atoms with E-state index in [0.717, 1.165) is 12.1 Å². The fraction of sp³-hybridized carbons (Fsp3) is 0.429. The minimum Gasteiger partial charge on any atom is -0.493 e. The van der Waals surface area contributed by atoms with Gasteiger partial charge in [-0.2, -0.15) is 39.5 Å². The number of aliphatic hydroxyl groups is 1. The van der Waals surface area contributed by atoms with E-state index in [4.69, 9.17) is 9.84 Å². The molecular weight excluding hydrogens is 515 g/mol. The maximum Gasteiger partial charge on any atom is 0.416 e. The lowest BCUT2D eigenvalue weighted by Gasteiger charge is -2.15. The molecule has 0 fully saturated rings. The van der Waals surface area contributed by atoms with E-state index < -0.39 is 67.0 Å². The third-order valence-electron chi connectivity index (χ3n) is 4.06. The van der Waals surface area contributed by atoms with E-state index >= 15 is 0 Å². The number of pyridine rings is 1. The summed E-state index contributed by atoms with van der Waals surface area (Å²) in [4.78, 5) is 25.9. The lowest BCUT2D eigenvalue weighted by Crippen LogP contribution is -2.17. The van der Waals surface area contributed by atoms with Gasteiger partial charge in [0.25, 0.3) is 5.91 Å². The third kappa shape index (κ3) is 12.5. The number of aromatic nitrogens is 1. The minimum atomic E-state index is -4.74. The number of aliphatic hydroxyl groups excluding tert-OH is 1. The van der Waals surface area contributed by atoms with Crippen molar-refractivity contribution in [1.82, 2.24) is 4.98 Å². The SMILES string of the molecule is O=C(Nc1cc[nH]c(=O)c1)c1cc(C(F)(F)F)ccc1OCCCC(F)(F)F.OCCCC(F)(F)F. The number of aromatic amines is 1. The highest BCUT2D eigenvalue weighted by Gasteiger charge is 2.32. The van der Waals surface area contributed by atoms with E-state index in [1.54, 1.807) is 0 Å². The van der Waals surface area contributed by atoms with Crippen LogP contribution in [0.1, 0.15) is 41.6 Å². The van der Waals surface area contributed by atoms with Crippen LogP contribution < -0.4 is 15.6 Å². The van der Waals surface area contributed by atoms with Crippen LogP contribution in [0.5, 0.6) is 5.75 Å². The maximum atomic E-state index is 12.9. The number of rotatable bonds is 8. The topological polar surface area (TPSA) is 91.4 Å². The lowest BCUT2D eigenvalue weighted by atomic mass is 10.1. The third-order valence-corrected chi connectivity index (χ3v) is 4.06. The first-order valence-corrected chi connectivity index (χ1v) is 10.1. The molecule has 0 aliphatic carbocycles. The summed E-state index contributed by atoms with van der Waals surface area (Å²) >= 11 is 0. The molecule has 202 valence electrons. The molecule has 0 bridgehead atoms. The first kappa shape index (κ1) is 30.8. The number of hydrogen-bond donors (Lipinski definition) is 3. The van der Waals surface area contributed by atoms with Crippen LogP contribution >= 0.6 is 0 Å². The summed E-state index contributed by atoms with van der Waals surface area (Å²) in [5.74, 6) is -1.32. The molecule has 2 aromatic rings. The molecule has 1 aromatic carbocycles. The Balaban J connectivity index is 0.000000697. The number of alkyl halides is 9. The highest BCUT2D eigenvalue weighted by Crippen LogP contribution is 2.33. The Morgan fingerprint density at radius 1 is 0.917 bits per heavy atom. The number of hydrogen-bond acceptors (Lipinski definition) is 4. The second-order valence-electron chi connectivity index (χ2n) is 7.11. The van der Waals surface area contributed by atoms with Crippen LogP contribution in [0.15, 0.2) is 41.3 Å². The fourth-order valence-corrected chi connectivity index (χ4v) is 2.46. The predicted octanol–water partition coefficient (Wildman–Crippen LogP) is 5.69. The Kier molecular flexibility index (Phi) is 11.3. The number of H-pyrrole nitrogens is 1. The zero-order valence-electron chi connectivity index (χ0n) is 18.3. The van der Waals surface area contributed by atoms with Crippen LogP contribution in [0.2, 0.25) is 0 Å². The second kappa shape index (κ2) is 13.2. The van der Waals surface area contributed by atoms with Gasteiger partial charge in [0, 0.05) is 37.4 Å². The summed E-state index contributed by atoms with van der Waals surface area (Å²) in [7, 11) is 0. The molecule has 1 amide bonds. The van der Waals surface area contributed by atoms with Gasteiger partial charge in [-0.3, -0.25) is 9.59 Å². The van der Waals surface area contributed by atoms with Gasteiger partial charge >= 0.3 is 18.5 Å². The van der Waals surface area contributed by atoms with Crippen LogP contribution in [0.4, 0.5) is 45.2 Å². The van der Waals surface area contributed by atoms with Crippen molar-refractivity contribution in [1.29, 1.82) is 0 Å². The first-order valence-electron chi connectivity index (χ1n) is 10.1. The van der Waals surface area contributed by atoms with Gasteiger partial charge in [0.2, 0.25) is 5.56 Å². The van der Waals surface area contributed by atoms with Crippen molar-refractivity contribution in [3.63, 3.8) is 0 Å². The molecule has 15 heteroatoms. The standard InChI is InChI=1S/C17H14F6N2O3.C4H7F3O/c18-16(19,20)5-1-7-28-13-3-2-10(17(21,22)23)8-12(13)15(27)25-11-4-6-24-14(26)9-11;5-4(6,7)2-1-3-8/h2-4,6,8-9H,1,5,7H2,(H2,24,25,26,27);8H,1-3H2. The Morgan fingerprint density at radius 2 is 1.53 bits per heavy atom. The summed E-state index contributed by atoms with van der Waals surface area (Å²) in [6.07, 6.45) is -14.7. The normalized spacial score (nSPS) is 11.9. The quantitative estimate of drug-likeness (QED) is 0.299. The van der Waals surface area contributed by atoms with E-state index in [2.05, 4.69) is 10.3 Å². The van der Waals surface area contributed by atoms with Crippen molar-refractivity contribution in [3.05, 3.63) is 58.0 Å². The molecule has 2 rings (SSSR count). The number of carbonyl (C=O) groups is 1. The molecule has 0 unspecified atom stereocenters. The monoisotopic (exact) mass is 536 g/mol. The molecule has 3 N–H and O–H groups in total. The Hall–Kier alpha value is -3.23. The van der Waals surface area contributed by atoms with Gasteiger partial charge in [-0.15, -0.1) is 0 Å². The van der Waals surface area contributed by atoms with Crippen LogP contribution in [0, 0.1) is 0 Å². The molecule has 1 heterocycles. The number of amides is 1. The number of halogens is 9. The van der Waals surface area contributed by atoms with Crippen molar-refractivity contribution < 1.29 is 54.2 Å². The summed E-state index contributed by atoms with van der Waals surface area (Å²) in [5, 5.41) is 10.2. The average molecular weight is 536 g/mol. The molecule has 0 atom stereocenters. The smallest absolute Gasteiger partial charge is 0.416 e. The fourth-order valence-electron chi connectivity index (χ4n) is 2.46.